The van der Waals surface area contributed by atoms with Crippen LogP contribution in [0.5, 0.6) is 0 Å². The third kappa shape index (κ3) is 3.51. The molecule has 8 nitrogen and oxygen atoms in total. The standard InChI is InChI=1S/C18H19N3O5S/c1-11-10-20(18(23)24)17-9-14(6-7-16(17)21(11)12(2)22)13-4-3-5-15(8-13)27(19,25)26/h3-9,11H,10H2,1-2H3,(H,23,24)(H2,19,25,26)/t11-/m0/s1. The zero-order valence-corrected chi connectivity index (χ0v) is 15.6. The predicted octanol–water partition coefficient (Wildman–Crippen LogP) is 2.24. The molecule has 27 heavy (non-hydrogen) atoms. The molecule has 1 atom stereocenters. The van der Waals surface area contributed by atoms with Crippen LogP contribution in [-0.2, 0) is 14.8 Å². The average molecular weight is 389 g/mol. The van der Waals surface area contributed by atoms with Crippen LogP contribution in [0.3, 0.4) is 0 Å². The Morgan fingerprint density at radius 1 is 1.11 bits per heavy atom. The number of nitrogens with two attached hydrogens (primary N) is 1. The van der Waals surface area contributed by atoms with Gasteiger partial charge in [-0.2, -0.15) is 0 Å². The maximum Gasteiger partial charge on any atom is 0.411 e. The van der Waals surface area contributed by atoms with E-state index in [2.05, 4.69) is 0 Å². The van der Waals surface area contributed by atoms with E-state index < -0.39 is 16.1 Å². The van der Waals surface area contributed by atoms with Crippen LogP contribution < -0.4 is 14.9 Å². The molecule has 0 aromatic heterocycles. The van der Waals surface area contributed by atoms with Gasteiger partial charge in [-0.15, -0.1) is 0 Å². The van der Waals surface area contributed by atoms with Gasteiger partial charge in [0.1, 0.15) is 0 Å². The number of anilines is 2. The minimum atomic E-state index is -3.86. The molecule has 2 aromatic carbocycles. The normalized spacial score (nSPS) is 16.8. The first kappa shape index (κ1) is 18.9. The van der Waals surface area contributed by atoms with Crippen LogP contribution in [0.15, 0.2) is 47.4 Å². The number of primary sulfonamides is 1. The first-order valence-corrected chi connectivity index (χ1v) is 9.72. The van der Waals surface area contributed by atoms with Crippen molar-refractivity contribution in [1.29, 1.82) is 0 Å². The van der Waals surface area contributed by atoms with Crippen molar-refractivity contribution in [3.05, 3.63) is 42.5 Å². The van der Waals surface area contributed by atoms with Crippen LogP contribution in [0.1, 0.15) is 13.8 Å². The second-order valence-electron chi connectivity index (χ2n) is 6.41. The van der Waals surface area contributed by atoms with E-state index in [0.717, 1.165) is 0 Å². The summed E-state index contributed by atoms with van der Waals surface area (Å²) < 4.78 is 23.2. The number of amides is 2. The molecule has 0 radical (unpaired) electrons. The third-order valence-corrected chi connectivity index (χ3v) is 5.39. The van der Waals surface area contributed by atoms with Gasteiger partial charge in [-0.05, 0) is 42.3 Å². The smallest absolute Gasteiger partial charge is 0.411 e. The first-order valence-electron chi connectivity index (χ1n) is 8.17. The van der Waals surface area contributed by atoms with Gasteiger partial charge in [0, 0.05) is 13.5 Å². The summed E-state index contributed by atoms with van der Waals surface area (Å²) in [6, 6.07) is 10.8. The van der Waals surface area contributed by atoms with Crippen molar-refractivity contribution in [2.45, 2.75) is 24.8 Å². The highest BCUT2D eigenvalue weighted by Crippen LogP contribution is 2.39. The molecule has 0 spiro atoms. The van der Waals surface area contributed by atoms with Crippen molar-refractivity contribution < 1.29 is 23.1 Å². The van der Waals surface area contributed by atoms with E-state index in [1.807, 2.05) is 0 Å². The fraction of sp³-hybridized carbons (Fsp3) is 0.222. The van der Waals surface area contributed by atoms with Crippen LogP contribution in [0, 0.1) is 0 Å². The Bertz CT molecular complexity index is 1040. The van der Waals surface area contributed by atoms with Gasteiger partial charge in [0.25, 0.3) is 0 Å². The Morgan fingerprint density at radius 3 is 2.37 bits per heavy atom. The van der Waals surface area contributed by atoms with Gasteiger partial charge < -0.3 is 10.0 Å². The SMILES string of the molecule is CC(=O)N1c2ccc(-c3cccc(S(N)(=O)=O)c3)cc2N(C(=O)O)C[C@@H]1C. The van der Waals surface area contributed by atoms with Crippen LogP contribution in [0.4, 0.5) is 16.2 Å². The first-order chi connectivity index (χ1) is 12.6. The molecular formula is C18H19N3O5S. The van der Waals surface area contributed by atoms with Gasteiger partial charge >= 0.3 is 6.09 Å². The van der Waals surface area contributed by atoms with Crippen LogP contribution >= 0.6 is 0 Å². The molecule has 1 aliphatic rings. The fourth-order valence-electron chi connectivity index (χ4n) is 3.32. The third-order valence-electron chi connectivity index (χ3n) is 4.48. The quantitative estimate of drug-likeness (QED) is 0.816. The number of carbonyl (C=O) groups is 2. The highest BCUT2D eigenvalue weighted by molar-refractivity contribution is 7.89. The van der Waals surface area contributed by atoms with Gasteiger partial charge in [0.2, 0.25) is 15.9 Å². The van der Waals surface area contributed by atoms with E-state index in [0.29, 0.717) is 22.5 Å². The van der Waals surface area contributed by atoms with E-state index in [1.54, 1.807) is 42.2 Å². The maximum atomic E-state index is 12.0. The summed E-state index contributed by atoms with van der Waals surface area (Å²) in [5.41, 5.74) is 2.05. The van der Waals surface area contributed by atoms with Crippen molar-refractivity contribution in [3.63, 3.8) is 0 Å². The molecule has 0 unspecified atom stereocenters. The van der Waals surface area contributed by atoms with Crippen molar-refractivity contribution >= 4 is 33.4 Å². The molecule has 0 bridgehead atoms. The van der Waals surface area contributed by atoms with Crippen LogP contribution in [0.25, 0.3) is 11.1 Å². The van der Waals surface area contributed by atoms with Crippen molar-refractivity contribution in [2.24, 2.45) is 5.14 Å². The minimum absolute atomic E-state index is 0.0354. The lowest BCUT2D eigenvalue weighted by molar-refractivity contribution is -0.117. The zero-order chi connectivity index (χ0) is 19.9. The number of nitrogens with zero attached hydrogens (tertiary/aromatic N) is 2. The lowest BCUT2D eigenvalue weighted by Crippen LogP contribution is -2.51. The van der Waals surface area contributed by atoms with E-state index in [-0.39, 0.29) is 23.4 Å². The number of fused-ring (bicyclic) bond motifs is 1. The highest BCUT2D eigenvalue weighted by Gasteiger charge is 2.33. The molecule has 2 amide bonds. The molecule has 9 heteroatoms. The Balaban J connectivity index is 2.16. The maximum absolute atomic E-state index is 12.0. The van der Waals surface area contributed by atoms with Crippen molar-refractivity contribution in [3.8, 4) is 11.1 Å². The lowest BCUT2D eigenvalue weighted by atomic mass is 10.0. The molecule has 1 heterocycles. The molecule has 0 saturated heterocycles. The molecular weight excluding hydrogens is 370 g/mol. The molecule has 0 saturated carbocycles. The highest BCUT2D eigenvalue weighted by atomic mass is 32.2. The molecule has 0 aliphatic carbocycles. The number of sulfonamides is 1. The number of hydrogen-bond donors (Lipinski definition) is 2. The molecule has 0 fully saturated rings. The summed E-state index contributed by atoms with van der Waals surface area (Å²) in [5.74, 6) is -0.183. The number of hydrogen-bond acceptors (Lipinski definition) is 4. The Hall–Kier alpha value is -2.91. The number of carbonyl (C=O) groups excluding carboxylic acids is 1. The van der Waals surface area contributed by atoms with Crippen LogP contribution in [0.2, 0.25) is 0 Å². The second-order valence-corrected chi connectivity index (χ2v) is 7.97. The molecule has 142 valence electrons. The largest absolute Gasteiger partial charge is 0.465 e. The monoisotopic (exact) mass is 389 g/mol. The summed E-state index contributed by atoms with van der Waals surface area (Å²) >= 11 is 0. The summed E-state index contributed by atoms with van der Waals surface area (Å²) in [6.45, 7) is 3.35. The summed E-state index contributed by atoms with van der Waals surface area (Å²) in [4.78, 5) is 26.4. The lowest BCUT2D eigenvalue weighted by Gasteiger charge is -2.39. The molecule has 2 aromatic rings. The summed E-state index contributed by atoms with van der Waals surface area (Å²) in [6.07, 6.45) is -1.12. The van der Waals surface area contributed by atoms with Crippen LogP contribution in [-0.4, -0.2) is 38.1 Å². The second kappa shape index (κ2) is 6.67. The fourth-order valence-corrected chi connectivity index (χ4v) is 3.88. The van der Waals surface area contributed by atoms with Gasteiger partial charge in [-0.3, -0.25) is 9.69 Å². The Labute approximate surface area is 156 Å². The topological polar surface area (TPSA) is 121 Å². The van der Waals surface area contributed by atoms with E-state index >= 15 is 0 Å². The Morgan fingerprint density at radius 2 is 1.78 bits per heavy atom. The number of carboxylic acid groups (broad SMARTS) is 1. The molecule has 3 N–H and O–H groups in total. The van der Waals surface area contributed by atoms with E-state index in [4.69, 9.17) is 5.14 Å². The van der Waals surface area contributed by atoms with E-state index in [1.165, 1.54) is 24.0 Å². The van der Waals surface area contributed by atoms with Crippen molar-refractivity contribution in [2.75, 3.05) is 16.3 Å². The predicted molar refractivity (Wildman–Crippen MR) is 101 cm³/mol. The van der Waals surface area contributed by atoms with Crippen molar-refractivity contribution in [1.82, 2.24) is 0 Å². The van der Waals surface area contributed by atoms with Gasteiger partial charge in [0.15, 0.2) is 0 Å². The van der Waals surface area contributed by atoms with Gasteiger partial charge in [-0.25, -0.2) is 18.4 Å². The Kier molecular flexibility index (Phi) is 4.66. The van der Waals surface area contributed by atoms with E-state index in [9.17, 15) is 23.1 Å². The zero-order valence-electron chi connectivity index (χ0n) is 14.8. The summed E-state index contributed by atoms with van der Waals surface area (Å²) in [7, 11) is -3.86. The minimum Gasteiger partial charge on any atom is -0.465 e. The number of benzene rings is 2. The average Bonchev–Trinajstić information content (AvgIpc) is 2.59. The molecule has 1 aliphatic heterocycles. The summed E-state index contributed by atoms with van der Waals surface area (Å²) in [5, 5.41) is 14.8. The molecule has 3 rings (SSSR count). The van der Waals surface area contributed by atoms with Gasteiger partial charge in [-0.1, -0.05) is 18.2 Å². The number of rotatable bonds is 2. The van der Waals surface area contributed by atoms with Gasteiger partial charge in [0.05, 0.1) is 22.3 Å².